The molecule has 0 radical (unpaired) electrons. The first kappa shape index (κ1) is 15.3. The van der Waals surface area contributed by atoms with E-state index in [-0.39, 0.29) is 6.61 Å². The molecule has 0 aromatic heterocycles. The van der Waals surface area contributed by atoms with Gasteiger partial charge in [-0.3, -0.25) is 10.3 Å². The molecule has 6 nitrogen and oxygen atoms in total. The Labute approximate surface area is 128 Å². The van der Waals surface area contributed by atoms with Crippen LogP contribution in [0, 0.1) is 0 Å². The van der Waals surface area contributed by atoms with E-state index in [9.17, 15) is 4.79 Å². The fraction of sp³-hybridized carbons (Fsp3) is 0.125. The predicted octanol–water partition coefficient (Wildman–Crippen LogP) is 2.43. The van der Waals surface area contributed by atoms with Gasteiger partial charge >= 0.3 is 6.09 Å². The zero-order chi connectivity index (χ0) is 15.8. The van der Waals surface area contributed by atoms with E-state index in [2.05, 4.69) is 27.7 Å². The fourth-order valence-electron chi connectivity index (χ4n) is 1.72. The molecular formula is C16H16N4O2. The molecule has 2 rings (SSSR count). The van der Waals surface area contributed by atoms with Crippen LogP contribution in [0.5, 0.6) is 0 Å². The van der Waals surface area contributed by atoms with E-state index in [0.29, 0.717) is 11.5 Å². The van der Waals surface area contributed by atoms with E-state index in [1.165, 1.54) is 6.34 Å². The maximum atomic E-state index is 11.9. The van der Waals surface area contributed by atoms with E-state index in [0.717, 1.165) is 5.56 Å². The van der Waals surface area contributed by atoms with Crippen molar-refractivity contribution in [1.29, 1.82) is 0 Å². The van der Waals surface area contributed by atoms with Gasteiger partial charge in [-0.05, 0) is 17.7 Å². The highest BCUT2D eigenvalue weighted by Gasteiger charge is 2.17. The van der Waals surface area contributed by atoms with Gasteiger partial charge in [0.25, 0.3) is 0 Å². The molecule has 0 fully saturated rings. The fourth-order valence-corrected chi connectivity index (χ4v) is 1.72. The molecule has 1 aliphatic rings. The van der Waals surface area contributed by atoms with Crippen LogP contribution in [0.25, 0.3) is 0 Å². The number of alkyl carbamates (subject to hydrolysis) is 1. The number of carbonyl (C=O) groups excluding carboxylic acids is 1. The van der Waals surface area contributed by atoms with Crippen molar-refractivity contribution in [2.45, 2.75) is 6.61 Å². The summed E-state index contributed by atoms with van der Waals surface area (Å²) in [6.07, 6.45) is 4.07. The van der Waals surface area contributed by atoms with Crippen molar-refractivity contribution < 1.29 is 9.53 Å². The number of aliphatic imine (C=N–C) groups is 1. The molecule has 0 aliphatic carbocycles. The summed E-state index contributed by atoms with van der Waals surface area (Å²) in [5.74, 6) is 0.349. The molecule has 0 saturated carbocycles. The van der Waals surface area contributed by atoms with Crippen LogP contribution >= 0.6 is 0 Å². The maximum absolute atomic E-state index is 11.9. The Morgan fingerprint density at radius 1 is 1.45 bits per heavy atom. The third-order valence-corrected chi connectivity index (χ3v) is 2.80. The molecule has 0 saturated heterocycles. The minimum atomic E-state index is -0.584. The van der Waals surface area contributed by atoms with E-state index in [1.54, 1.807) is 24.2 Å². The summed E-state index contributed by atoms with van der Waals surface area (Å²) in [6.45, 7) is 3.68. The lowest BCUT2D eigenvalue weighted by Gasteiger charge is -2.21. The van der Waals surface area contributed by atoms with Crippen molar-refractivity contribution >= 4 is 18.3 Å². The lowest BCUT2D eigenvalue weighted by molar-refractivity contribution is 0.145. The normalized spacial score (nSPS) is 15.0. The van der Waals surface area contributed by atoms with Crippen LogP contribution in [0.2, 0.25) is 0 Å². The van der Waals surface area contributed by atoms with Crippen LogP contribution in [0.1, 0.15) is 5.56 Å². The number of nitrogens with one attached hydrogen (secondary N) is 1. The number of ether oxygens (including phenoxy) is 1. The minimum Gasteiger partial charge on any atom is -0.444 e. The van der Waals surface area contributed by atoms with E-state index in [1.807, 2.05) is 30.3 Å². The molecule has 1 N–H and O–H groups in total. The molecule has 1 amide bonds. The monoisotopic (exact) mass is 296 g/mol. The molecule has 0 unspecified atom stereocenters. The van der Waals surface area contributed by atoms with Crippen molar-refractivity contribution in [1.82, 2.24) is 10.3 Å². The summed E-state index contributed by atoms with van der Waals surface area (Å²) < 4.78 is 5.16. The average molecular weight is 296 g/mol. The van der Waals surface area contributed by atoms with Crippen molar-refractivity contribution in [3.05, 3.63) is 66.1 Å². The van der Waals surface area contributed by atoms with Crippen molar-refractivity contribution in [3.8, 4) is 0 Å². The summed E-state index contributed by atoms with van der Waals surface area (Å²) in [7, 11) is 1.74. The quantitative estimate of drug-likeness (QED) is 0.871. The largest absolute Gasteiger partial charge is 0.444 e. The smallest absolute Gasteiger partial charge is 0.413 e. The molecule has 22 heavy (non-hydrogen) atoms. The Kier molecular flexibility index (Phi) is 5.29. The van der Waals surface area contributed by atoms with Crippen LogP contribution in [-0.2, 0) is 11.3 Å². The second-order valence-corrected chi connectivity index (χ2v) is 4.34. The zero-order valence-corrected chi connectivity index (χ0v) is 12.2. The number of hydrogen-bond donors (Lipinski definition) is 1. The topological polar surface area (TPSA) is 66.3 Å². The lowest BCUT2D eigenvalue weighted by atomic mass is 10.2. The van der Waals surface area contributed by atoms with Gasteiger partial charge in [-0.1, -0.05) is 36.9 Å². The molecule has 0 bridgehead atoms. The first-order valence-electron chi connectivity index (χ1n) is 6.59. The summed E-state index contributed by atoms with van der Waals surface area (Å²) in [5, 5.41) is 8.18. The Morgan fingerprint density at radius 2 is 2.23 bits per heavy atom. The van der Waals surface area contributed by atoms with E-state index >= 15 is 0 Å². The third-order valence-electron chi connectivity index (χ3n) is 2.80. The molecule has 1 heterocycles. The molecule has 112 valence electrons. The van der Waals surface area contributed by atoms with Gasteiger partial charge in [-0.2, -0.15) is 5.10 Å². The highest BCUT2D eigenvalue weighted by atomic mass is 16.5. The van der Waals surface area contributed by atoms with Gasteiger partial charge in [-0.15, -0.1) is 5.73 Å². The Hall–Kier alpha value is -3.11. The number of rotatable bonds is 3. The van der Waals surface area contributed by atoms with Gasteiger partial charge < -0.3 is 4.74 Å². The Balaban J connectivity index is 1.98. The first-order valence-corrected chi connectivity index (χ1v) is 6.59. The van der Waals surface area contributed by atoms with E-state index < -0.39 is 6.09 Å². The number of nitrogens with zero attached hydrogens (tertiary/aromatic N) is 3. The predicted molar refractivity (Wildman–Crippen MR) is 85.2 cm³/mol. The number of carbonyl (C=O) groups is 1. The average Bonchev–Trinajstić information content (AvgIpc) is 2.53. The lowest BCUT2D eigenvalue weighted by Crippen LogP contribution is -2.37. The van der Waals surface area contributed by atoms with Gasteiger partial charge in [0, 0.05) is 7.05 Å². The second-order valence-electron chi connectivity index (χ2n) is 4.34. The molecule has 1 aliphatic heterocycles. The number of benzene rings is 1. The molecule has 0 atom stereocenters. The summed E-state index contributed by atoms with van der Waals surface area (Å²) in [4.78, 5) is 15.9. The summed E-state index contributed by atoms with van der Waals surface area (Å²) >= 11 is 0. The Bertz CT molecular complexity index is 671. The molecule has 1 aromatic carbocycles. The van der Waals surface area contributed by atoms with Crippen molar-refractivity contribution in [2.75, 3.05) is 7.05 Å². The summed E-state index contributed by atoms with van der Waals surface area (Å²) in [5.41, 5.74) is 4.14. The molecule has 6 heteroatoms. The van der Waals surface area contributed by atoms with Crippen molar-refractivity contribution in [2.24, 2.45) is 10.1 Å². The Morgan fingerprint density at radius 3 is 2.95 bits per heavy atom. The van der Waals surface area contributed by atoms with Gasteiger partial charge in [0.05, 0.1) is 0 Å². The number of amidine groups is 1. The van der Waals surface area contributed by atoms with Gasteiger partial charge in [0.1, 0.15) is 18.6 Å². The maximum Gasteiger partial charge on any atom is 0.413 e. The van der Waals surface area contributed by atoms with Crippen LogP contribution in [0.4, 0.5) is 4.79 Å². The van der Waals surface area contributed by atoms with Crippen LogP contribution in [-0.4, -0.2) is 30.3 Å². The van der Waals surface area contributed by atoms with E-state index in [4.69, 9.17) is 4.74 Å². The molecule has 1 aromatic rings. The molecular weight excluding hydrogens is 280 g/mol. The number of allylic oxidation sites excluding steroid dienone is 2. The summed E-state index contributed by atoms with van der Waals surface area (Å²) in [6, 6.07) is 9.43. The highest BCUT2D eigenvalue weighted by molar-refractivity contribution is 6.09. The van der Waals surface area contributed by atoms with Crippen molar-refractivity contribution in [3.63, 3.8) is 0 Å². The zero-order valence-electron chi connectivity index (χ0n) is 12.2. The van der Waals surface area contributed by atoms with Crippen LogP contribution in [0.15, 0.2) is 70.6 Å². The van der Waals surface area contributed by atoms with Gasteiger partial charge in [0.15, 0.2) is 5.84 Å². The number of amides is 1. The van der Waals surface area contributed by atoms with Gasteiger partial charge in [-0.25, -0.2) is 9.79 Å². The third kappa shape index (κ3) is 4.19. The van der Waals surface area contributed by atoms with Crippen LogP contribution in [0.3, 0.4) is 0 Å². The number of likely N-dealkylation sites (N-methyl/N-ethyl adjacent to an activating group) is 1. The first-order chi connectivity index (χ1) is 10.7. The highest BCUT2D eigenvalue weighted by Crippen LogP contribution is 2.08. The standard InChI is InChI=1S/C16H16N4O2/c1-3-4-10-14-15(17-12-18-20(14)2)19-16(21)22-11-13-8-6-5-7-9-13/h4-10,12H,1,11H2,2H3,(H,17,18,19,21)/b14-10-. The van der Waals surface area contributed by atoms with Gasteiger partial charge in [0.2, 0.25) is 0 Å². The number of hydrazone groups is 1. The second kappa shape index (κ2) is 7.61. The minimum absolute atomic E-state index is 0.190. The SMILES string of the molecule is C=C=C/C=C1/C(NC(=O)OCc2ccccc2)=NC=NN1C. The molecule has 0 spiro atoms. The van der Waals surface area contributed by atoms with Crippen LogP contribution < -0.4 is 5.32 Å². The number of hydrogen-bond acceptors (Lipinski definition) is 5.